The summed E-state index contributed by atoms with van der Waals surface area (Å²) in [6.07, 6.45) is 1.29. The van der Waals surface area contributed by atoms with Crippen molar-refractivity contribution in [2.75, 3.05) is 63.3 Å². The van der Waals surface area contributed by atoms with E-state index >= 15 is 0 Å². The molecule has 0 radical (unpaired) electrons. The van der Waals surface area contributed by atoms with Crippen LogP contribution in [0.4, 0.5) is 23.0 Å². The number of methoxy groups -OCH3 is 1. The molecule has 1 fully saturated rings. The zero-order chi connectivity index (χ0) is 21.7. The average molecular weight is 416 g/mol. The van der Waals surface area contributed by atoms with E-state index in [2.05, 4.69) is 14.9 Å². The topological polar surface area (TPSA) is 125 Å². The fraction of sp³-hybridized carbons (Fsp3) is 0.421. The zero-order valence-corrected chi connectivity index (χ0v) is 16.9. The maximum atomic E-state index is 12.1. The van der Waals surface area contributed by atoms with Crippen molar-refractivity contribution in [3.63, 3.8) is 0 Å². The Balaban J connectivity index is 1.98. The fourth-order valence-electron chi connectivity index (χ4n) is 3.49. The molecule has 1 aliphatic heterocycles. The number of ether oxygens (including phenoxy) is 1. The lowest BCUT2D eigenvalue weighted by molar-refractivity contribution is -0.383. The summed E-state index contributed by atoms with van der Waals surface area (Å²) in [5.74, 6) is -0.232. The first-order valence-electron chi connectivity index (χ1n) is 9.46. The number of nitro groups is 1. The van der Waals surface area contributed by atoms with E-state index in [0.717, 1.165) is 0 Å². The number of piperazine rings is 1. The van der Waals surface area contributed by atoms with Gasteiger partial charge in [-0.2, -0.15) is 0 Å². The largest absolute Gasteiger partial charge is 0.465 e. The first-order chi connectivity index (χ1) is 14.5. The minimum atomic E-state index is -0.547. The van der Waals surface area contributed by atoms with Crippen LogP contribution in [-0.2, 0) is 4.74 Å². The van der Waals surface area contributed by atoms with Gasteiger partial charge in [0, 0.05) is 39.8 Å². The molecule has 1 aromatic carbocycles. The lowest BCUT2D eigenvalue weighted by Crippen LogP contribution is -2.47. The number of anilines is 3. The molecule has 1 N–H and O–H groups in total. The third-order valence-electron chi connectivity index (χ3n) is 5.04. The molecule has 0 bridgehead atoms. The Labute approximate surface area is 173 Å². The fourth-order valence-corrected chi connectivity index (χ4v) is 3.49. The number of benzene rings is 1. The molecule has 0 unspecified atom stereocenters. The number of carbonyl (C=O) groups excluding carboxylic acids is 1. The summed E-state index contributed by atoms with van der Waals surface area (Å²) in [4.78, 5) is 37.4. The third-order valence-corrected chi connectivity index (χ3v) is 5.04. The maximum Gasteiger partial charge on any atom is 0.353 e. The quantitative estimate of drug-likeness (QED) is 0.398. The molecule has 1 aliphatic rings. The SMILES string of the molecule is COC(=O)c1ccccc1N(C)c1ncnc(N2CCN(CCO)CC2)c1[N+](=O)[O-]. The van der Waals surface area contributed by atoms with Gasteiger partial charge in [-0.1, -0.05) is 12.1 Å². The number of para-hydroxylation sites is 1. The molecule has 1 aromatic heterocycles. The molecule has 160 valence electrons. The molecular formula is C19H24N6O5. The Kier molecular flexibility index (Phi) is 6.75. The van der Waals surface area contributed by atoms with Crippen LogP contribution in [0, 0.1) is 10.1 Å². The van der Waals surface area contributed by atoms with Gasteiger partial charge in [0.25, 0.3) is 0 Å². The van der Waals surface area contributed by atoms with Crippen molar-refractivity contribution in [1.29, 1.82) is 0 Å². The van der Waals surface area contributed by atoms with E-state index in [1.54, 1.807) is 31.3 Å². The number of aromatic nitrogens is 2. The third kappa shape index (κ3) is 4.31. The monoisotopic (exact) mass is 416 g/mol. The maximum absolute atomic E-state index is 12.1. The van der Waals surface area contributed by atoms with E-state index in [1.807, 2.05) is 4.90 Å². The number of esters is 1. The molecule has 0 aliphatic carbocycles. The van der Waals surface area contributed by atoms with Gasteiger partial charge < -0.3 is 19.6 Å². The van der Waals surface area contributed by atoms with E-state index in [-0.39, 0.29) is 29.5 Å². The number of hydrogen-bond acceptors (Lipinski definition) is 10. The lowest BCUT2D eigenvalue weighted by Gasteiger charge is -2.35. The lowest BCUT2D eigenvalue weighted by atomic mass is 10.1. The number of aliphatic hydroxyl groups excluding tert-OH is 1. The van der Waals surface area contributed by atoms with Gasteiger partial charge in [-0.05, 0) is 12.1 Å². The molecule has 2 heterocycles. The molecule has 30 heavy (non-hydrogen) atoms. The first-order valence-corrected chi connectivity index (χ1v) is 9.46. The van der Waals surface area contributed by atoms with Gasteiger partial charge >= 0.3 is 11.7 Å². The molecule has 0 amide bonds. The Morgan fingerprint density at radius 3 is 2.60 bits per heavy atom. The van der Waals surface area contributed by atoms with Crippen LogP contribution in [-0.4, -0.2) is 84.4 Å². The second kappa shape index (κ2) is 9.46. The highest BCUT2D eigenvalue weighted by Crippen LogP contribution is 2.38. The van der Waals surface area contributed by atoms with Gasteiger partial charge in [0.1, 0.15) is 6.33 Å². The highest BCUT2D eigenvalue weighted by atomic mass is 16.6. The van der Waals surface area contributed by atoms with Gasteiger partial charge in [-0.25, -0.2) is 14.8 Å². The molecular weight excluding hydrogens is 392 g/mol. The van der Waals surface area contributed by atoms with Crippen LogP contribution in [0.25, 0.3) is 0 Å². The van der Waals surface area contributed by atoms with Gasteiger partial charge in [0.15, 0.2) is 0 Å². The van der Waals surface area contributed by atoms with Crippen LogP contribution in [0.5, 0.6) is 0 Å². The Hall–Kier alpha value is -3.31. The molecule has 0 spiro atoms. The summed E-state index contributed by atoms with van der Waals surface area (Å²) >= 11 is 0. The molecule has 0 atom stereocenters. The molecule has 11 heteroatoms. The molecule has 1 saturated heterocycles. The van der Waals surface area contributed by atoms with Crippen LogP contribution in [0.15, 0.2) is 30.6 Å². The van der Waals surface area contributed by atoms with Crippen LogP contribution in [0.2, 0.25) is 0 Å². The minimum absolute atomic E-state index is 0.0716. The summed E-state index contributed by atoms with van der Waals surface area (Å²) in [5.41, 5.74) is 0.481. The van der Waals surface area contributed by atoms with Gasteiger partial charge in [-0.3, -0.25) is 15.0 Å². The van der Waals surface area contributed by atoms with Crippen molar-refractivity contribution in [2.45, 2.75) is 0 Å². The van der Waals surface area contributed by atoms with Crippen molar-refractivity contribution in [2.24, 2.45) is 0 Å². The standard InChI is InChI=1S/C19H24N6O5/c1-22(15-6-4-3-5-14(15)19(27)30-2)17-16(25(28)29)18(21-13-20-17)24-9-7-23(8-10-24)11-12-26/h3-6,13,26H,7-12H2,1-2H3. The average Bonchev–Trinajstić information content (AvgIpc) is 2.78. The number of β-amino-alcohol motifs (C(OH)–C–C–N with tert-alkyl or cyclic N) is 1. The van der Waals surface area contributed by atoms with Crippen molar-refractivity contribution >= 4 is 29.0 Å². The highest BCUT2D eigenvalue weighted by Gasteiger charge is 2.32. The van der Waals surface area contributed by atoms with Crippen LogP contribution >= 0.6 is 0 Å². The summed E-state index contributed by atoms with van der Waals surface area (Å²) < 4.78 is 4.83. The second-order valence-electron chi connectivity index (χ2n) is 6.75. The predicted octanol–water partition coefficient (Wildman–Crippen LogP) is 1.05. The first kappa shape index (κ1) is 21.4. The summed E-state index contributed by atoms with van der Waals surface area (Å²) in [5, 5.41) is 21.1. The van der Waals surface area contributed by atoms with Crippen LogP contribution in [0.3, 0.4) is 0 Å². The summed E-state index contributed by atoms with van der Waals surface area (Å²) in [6.45, 7) is 3.05. The number of rotatable bonds is 7. The highest BCUT2D eigenvalue weighted by molar-refractivity contribution is 5.97. The van der Waals surface area contributed by atoms with Crippen molar-refractivity contribution in [3.8, 4) is 0 Å². The Bertz CT molecular complexity index is 916. The number of hydrogen-bond donors (Lipinski definition) is 1. The smallest absolute Gasteiger partial charge is 0.353 e. The number of aliphatic hydroxyl groups is 1. The van der Waals surface area contributed by atoms with Crippen molar-refractivity contribution in [1.82, 2.24) is 14.9 Å². The summed E-state index contributed by atoms with van der Waals surface area (Å²) in [6, 6.07) is 6.68. The van der Waals surface area contributed by atoms with Crippen molar-refractivity contribution < 1.29 is 19.6 Å². The van der Waals surface area contributed by atoms with Crippen LogP contribution in [0.1, 0.15) is 10.4 Å². The molecule has 11 nitrogen and oxygen atoms in total. The number of carbonyl (C=O) groups is 1. The Morgan fingerprint density at radius 1 is 1.27 bits per heavy atom. The van der Waals surface area contributed by atoms with E-state index in [4.69, 9.17) is 9.84 Å². The minimum Gasteiger partial charge on any atom is -0.465 e. The Morgan fingerprint density at radius 2 is 1.97 bits per heavy atom. The molecule has 2 aromatic rings. The zero-order valence-electron chi connectivity index (χ0n) is 16.9. The van der Waals surface area contributed by atoms with E-state index in [9.17, 15) is 14.9 Å². The molecule has 0 saturated carbocycles. The van der Waals surface area contributed by atoms with Crippen LogP contribution < -0.4 is 9.80 Å². The predicted molar refractivity (Wildman–Crippen MR) is 110 cm³/mol. The van der Waals surface area contributed by atoms with E-state index in [0.29, 0.717) is 38.4 Å². The van der Waals surface area contributed by atoms with Crippen molar-refractivity contribution in [3.05, 3.63) is 46.3 Å². The number of nitrogens with zero attached hydrogens (tertiary/aromatic N) is 6. The second-order valence-corrected chi connectivity index (χ2v) is 6.75. The van der Waals surface area contributed by atoms with Gasteiger partial charge in [0.2, 0.25) is 11.6 Å². The summed E-state index contributed by atoms with van der Waals surface area (Å²) in [7, 11) is 2.89. The molecule has 3 rings (SSSR count). The van der Waals surface area contributed by atoms with Gasteiger partial charge in [0.05, 0.1) is 29.9 Å². The normalized spacial score (nSPS) is 14.4. The van der Waals surface area contributed by atoms with E-state index < -0.39 is 10.9 Å². The van der Waals surface area contributed by atoms with Gasteiger partial charge in [-0.15, -0.1) is 0 Å². The van der Waals surface area contributed by atoms with E-state index in [1.165, 1.54) is 18.3 Å².